The maximum atomic E-state index is 12.8. The molecule has 1 aromatic carbocycles. The second-order valence-electron chi connectivity index (χ2n) is 5.23. The van der Waals surface area contributed by atoms with E-state index in [1.807, 2.05) is 31.2 Å². The quantitative estimate of drug-likeness (QED) is 0.900. The van der Waals surface area contributed by atoms with Crippen molar-refractivity contribution in [3.63, 3.8) is 0 Å². The highest BCUT2D eigenvalue weighted by molar-refractivity contribution is 8.00. The van der Waals surface area contributed by atoms with E-state index in [4.69, 9.17) is 4.74 Å². The molecule has 3 unspecified atom stereocenters. The minimum absolute atomic E-state index is 0.142. The third kappa shape index (κ3) is 2.53. The highest BCUT2D eigenvalue weighted by Gasteiger charge is 2.43. The molecule has 3 atom stereocenters. The van der Waals surface area contributed by atoms with Gasteiger partial charge < -0.3 is 14.7 Å². The fourth-order valence-electron chi connectivity index (χ4n) is 2.90. The number of hydrogen-bond acceptors (Lipinski definition) is 4. The molecule has 2 heterocycles. The van der Waals surface area contributed by atoms with Crippen LogP contribution in [0.1, 0.15) is 24.2 Å². The van der Waals surface area contributed by atoms with Gasteiger partial charge in [-0.1, -0.05) is 24.3 Å². The molecule has 2 aliphatic heterocycles. The van der Waals surface area contributed by atoms with Gasteiger partial charge in [0.1, 0.15) is 6.04 Å². The first-order valence-electron chi connectivity index (χ1n) is 6.95. The van der Waals surface area contributed by atoms with Gasteiger partial charge in [0.15, 0.2) is 6.10 Å². The van der Waals surface area contributed by atoms with E-state index in [1.165, 1.54) is 16.7 Å². The molecule has 21 heavy (non-hydrogen) atoms. The Morgan fingerprint density at radius 2 is 2.14 bits per heavy atom. The number of carboxylic acids is 1. The summed E-state index contributed by atoms with van der Waals surface area (Å²) in [4.78, 5) is 25.6. The lowest BCUT2D eigenvalue weighted by Crippen LogP contribution is -2.47. The van der Waals surface area contributed by atoms with E-state index in [1.54, 1.807) is 0 Å². The second-order valence-corrected chi connectivity index (χ2v) is 6.58. The summed E-state index contributed by atoms with van der Waals surface area (Å²) in [6, 6.07) is 6.94. The van der Waals surface area contributed by atoms with Crippen LogP contribution in [-0.2, 0) is 20.7 Å². The summed E-state index contributed by atoms with van der Waals surface area (Å²) in [5.74, 6) is -0.771. The van der Waals surface area contributed by atoms with E-state index in [9.17, 15) is 14.7 Å². The number of carbonyl (C=O) groups is 2. The van der Waals surface area contributed by atoms with Crippen LogP contribution in [0.15, 0.2) is 24.3 Å². The van der Waals surface area contributed by atoms with E-state index in [2.05, 4.69) is 0 Å². The molecule has 0 aromatic heterocycles. The van der Waals surface area contributed by atoms with Crippen molar-refractivity contribution in [3.05, 3.63) is 35.4 Å². The normalized spacial score (nSPS) is 28.2. The zero-order valence-electron chi connectivity index (χ0n) is 11.7. The number of fused-ring (bicyclic) bond motifs is 1. The first-order valence-corrected chi connectivity index (χ1v) is 8.00. The molecule has 0 bridgehead atoms. The van der Waals surface area contributed by atoms with Crippen molar-refractivity contribution in [2.45, 2.75) is 30.9 Å². The van der Waals surface area contributed by atoms with E-state index in [-0.39, 0.29) is 11.3 Å². The molecule has 1 fully saturated rings. The number of hydrogen-bond donors (Lipinski definition) is 1. The number of rotatable bonds is 2. The summed E-state index contributed by atoms with van der Waals surface area (Å²) in [6.07, 6.45) is 0.102. The molecule has 0 spiro atoms. The van der Waals surface area contributed by atoms with E-state index >= 15 is 0 Å². The van der Waals surface area contributed by atoms with Crippen molar-refractivity contribution >= 4 is 23.6 Å². The van der Waals surface area contributed by atoms with Crippen molar-refractivity contribution in [3.8, 4) is 0 Å². The van der Waals surface area contributed by atoms with Crippen molar-refractivity contribution < 1.29 is 19.4 Å². The van der Waals surface area contributed by atoms with Gasteiger partial charge in [-0.2, -0.15) is 0 Å². The number of nitrogens with zero attached hydrogens (tertiary/aromatic N) is 1. The molecule has 5 nitrogen and oxygen atoms in total. The van der Waals surface area contributed by atoms with E-state index in [0.717, 1.165) is 17.5 Å². The van der Waals surface area contributed by atoms with Gasteiger partial charge in [-0.25, -0.2) is 4.79 Å². The van der Waals surface area contributed by atoms with E-state index in [0.29, 0.717) is 12.4 Å². The molecule has 1 aromatic rings. The summed E-state index contributed by atoms with van der Waals surface area (Å²) in [6.45, 7) is 2.35. The molecule has 1 saturated heterocycles. The second kappa shape index (κ2) is 5.69. The van der Waals surface area contributed by atoms with Crippen LogP contribution in [-0.4, -0.2) is 45.7 Å². The highest BCUT2D eigenvalue weighted by atomic mass is 32.2. The topological polar surface area (TPSA) is 66.8 Å². The molecule has 0 saturated carbocycles. The van der Waals surface area contributed by atoms with Crippen LogP contribution in [0.4, 0.5) is 0 Å². The van der Waals surface area contributed by atoms with Crippen LogP contribution in [0.2, 0.25) is 0 Å². The molecule has 112 valence electrons. The summed E-state index contributed by atoms with van der Waals surface area (Å²) in [5.41, 5.74) is 1.97. The van der Waals surface area contributed by atoms with Gasteiger partial charge in [-0.05, 0) is 24.5 Å². The van der Waals surface area contributed by atoms with Crippen molar-refractivity contribution in [1.82, 2.24) is 4.90 Å². The smallest absolute Gasteiger partial charge is 0.327 e. The monoisotopic (exact) mass is 307 g/mol. The molecule has 1 amide bonds. The van der Waals surface area contributed by atoms with Crippen LogP contribution in [0.5, 0.6) is 0 Å². The van der Waals surface area contributed by atoms with Gasteiger partial charge >= 0.3 is 5.97 Å². The third-order valence-corrected chi connectivity index (χ3v) is 5.20. The number of carboxylic acid groups (broad SMARTS) is 1. The Morgan fingerprint density at radius 1 is 1.38 bits per heavy atom. The van der Waals surface area contributed by atoms with Crippen molar-refractivity contribution in [2.75, 3.05) is 12.4 Å². The van der Waals surface area contributed by atoms with Crippen LogP contribution in [0.3, 0.4) is 0 Å². The largest absolute Gasteiger partial charge is 0.480 e. The van der Waals surface area contributed by atoms with Gasteiger partial charge in [-0.3, -0.25) is 4.79 Å². The average Bonchev–Trinajstić information content (AvgIpc) is 2.88. The Balaban J connectivity index is 1.90. The van der Waals surface area contributed by atoms with Gasteiger partial charge in [0.25, 0.3) is 5.91 Å². The number of thioether (sulfide) groups is 1. The zero-order chi connectivity index (χ0) is 15.0. The van der Waals surface area contributed by atoms with Gasteiger partial charge in [0.2, 0.25) is 0 Å². The molecule has 0 aliphatic carbocycles. The maximum Gasteiger partial charge on any atom is 0.327 e. The Hall–Kier alpha value is -1.53. The van der Waals surface area contributed by atoms with Gasteiger partial charge in [-0.15, -0.1) is 11.8 Å². The zero-order valence-corrected chi connectivity index (χ0v) is 12.5. The average molecular weight is 307 g/mol. The molecule has 0 radical (unpaired) electrons. The lowest BCUT2D eigenvalue weighted by molar-refractivity contribution is -0.155. The molecule has 6 heteroatoms. The fourth-order valence-corrected chi connectivity index (χ4v) is 4.08. The lowest BCUT2D eigenvalue weighted by Gasteiger charge is -2.32. The summed E-state index contributed by atoms with van der Waals surface area (Å²) in [5, 5.41) is 9.15. The minimum Gasteiger partial charge on any atom is -0.480 e. The van der Waals surface area contributed by atoms with Crippen LogP contribution in [0.25, 0.3) is 0 Å². The maximum absolute atomic E-state index is 12.8. The minimum atomic E-state index is -0.954. The van der Waals surface area contributed by atoms with Crippen LogP contribution in [0, 0.1) is 0 Å². The first-order chi connectivity index (χ1) is 10.1. The molecule has 1 N–H and O–H groups in total. The lowest BCUT2D eigenvalue weighted by atomic mass is 9.96. The molecular weight excluding hydrogens is 290 g/mol. The van der Waals surface area contributed by atoms with Crippen molar-refractivity contribution in [2.24, 2.45) is 0 Å². The number of amides is 1. The molecular formula is C15H17NO4S. The third-order valence-electron chi connectivity index (χ3n) is 3.98. The number of aliphatic carboxylic acids is 1. The van der Waals surface area contributed by atoms with Gasteiger partial charge in [0.05, 0.1) is 12.0 Å². The predicted octanol–water partition coefficient (Wildman–Crippen LogP) is 1.67. The summed E-state index contributed by atoms with van der Waals surface area (Å²) < 4.78 is 5.66. The Bertz CT molecular complexity index is 577. The first kappa shape index (κ1) is 14.4. The Morgan fingerprint density at radius 3 is 2.90 bits per heavy atom. The fraction of sp³-hybridized carbons (Fsp3) is 0.467. The molecule has 3 rings (SSSR count). The number of benzene rings is 1. The van der Waals surface area contributed by atoms with Gasteiger partial charge in [0, 0.05) is 5.75 Å². The number of ether oxygens (including phenoxy) is 1. The predicted molar refractivity (Wildman–Crippen MR) is 79.0 cm³/mol. The van der Waals surface area contributed by atoms with E-state index < -0.39 is 18.1 Å². The molecule has 2 aliphatic rings. The Kier molecular flexibility index (Phi) is 3.91. The number of carbonyl (C=O) groups excluding carboxylic acids is 1. The summed E-state index contributed by atoms with van der Waals surface area (Å²) >= 11 is 1.48. The van der Waals surface area contributed by atoms with Crippen LogP contribution >= 0.6 is 11.8 Å². The van der Waals surface area contributed by atoms with Crippen LogP contribution < -0.4 is 0 Å². The highest BCUT2D eigenvalue weighted by Crippen LogP contribution is 2.35. The van der Waals surface area contributed by atoms with Crippen molar-refractivity contribution in [1.29, 1.82) is 0 Å². The summed E-state index contributed by atoms with van der Waals surface area (Å²) in [7, 11) is 0. The SMILES string of the molecule is CC1SCC(C(=O)O)N1C(=O)C1OCCc2ccccc21. The Labute approximate surface area is 127 Å². The standard InChI is InChI=1S/C15H17NO4S/c1-9-16(12(8-21-9)15(18)19)14(17)13-11-5-3-2-4-10(11)6-7-20-13/h2-5,9,12-13H,6-8H2,1H3,(H,18,19).